The fourth-order valence-corrected chi connectivity index (χ4v) is 3.34. The summed E-state index contributed by atoms with van der Waals surface area (Å²) in [5.74, 6) is 0.109. The van der Waals surface area contributed by atoms with E-state index in [-0.39, 0.29) is 10.6 Å². The van der Waals surface area contributed by atoms with E-state index in [1.165, 1.54) is 11.3 Å². The summed E-state index contributed by atoms with van der Waals surface area (Å²) in [4.78, 5) is 31.8. The fourth-order valence-electron chi connectivity index (χ4n) is 2.40. The van der Waals surface area contributed by atoms with Gasteiger partial charge in [0.25, 0.3) is 0 Å². The largest absolute Gasteiger partial charge is 0.344 e. The molecule has 1 aliphatic heterocycles. The molecule has 0 unspecified atom stereocenters. The van der Waals surface area contributed by atoms with Crippen LogP contribution in [0.2, 0.25) is 0 Å². The third-order valence-corrected chi connectivity index (χ3v) is 4.51. The number of allylic oxidation sites excluding steroid dienone is 1. The predicted octanol–water partition coefficient (Wildman–Crippen LogP) is 0.741. The van der Waals surface area contributed by atoms with Gasteiger partial charge in [-0.05, 0) is 12.5 Å². The van der Waals surface area contributed by atoms with E-state index < -0.39 is 0 Å². The third kappa shape index (κ3) is 2.28. The average molecular weight is 277 g/mol. The lowest BCUT2D eigenvalue weighted by atomic mass is 10.3. The van der Waals surface area contributed by atoms with Crippen molar-refractivity contribution in [3.8, 4) is 0 Å². The number of aromatic nitrogens is 1. The maximum atomic E-state index is 12.0. The molecule has 5 nitrogen and oxygen atoms in total. The normalized spacial score (nSPS) is 17.7. The van der Waals surface area contributed by atoms with Crippen molar-refractivity contribution in [2.24, 2.45) is 0 Å². The van der Waals surface area contributed by atoms with Gasteiger partial charge in [0.05, 0.1) is 5.69 Å². The molecule has 0 atom stereocenters. The summed E-state index contributed by atoms with van der Waals surface area (Å²) in [6.07, 6.45) is 4.60. The van der Waals surface area contributed by atoms with Crippen molar-refractivity contribution in [2.45, 2.75) is 13.3 Å². The van der Waals surface area contributed by atoms with Crippen LogP contribution < -0.4 is 9.64 Å². The molecular formula is C13H15N3O2S. The van der Waals surface area contributed by atoms with Crippen molar-refractivity contribution in [3.05, 3.63) is 26.9 Å². The van der Waals surface area contributed by atoms with Gasteiger partial charge in [-0.2, -0.15) is 0 Å². The van der Waals surface area contributed by atoms with Gasteiger partial charge in [0, 0.05) is 38.7 Å². The molecule has 0 N–H and O–H groups in total. The molecule has 1 aliphatic carbocycles. The van der Waals surface area contributed by atoms with Gasteiger partial charge < -0.3 is 9.80 Å². The number of hydrogen-bond donors (Lipinski definition) is 0. The SMILES string of the molecule is CC(=O)N1CCN(c2nc3c(c(=O)s2)CC=C3)CC1. The van der Waals surface area contributed by atoms with Crippen LogP contribution in [0.15, 0.2) is 10.9 Å². The zero-order chi connectivity index (χ0) is 13.4. The molecule has 0 spiro atoms. The quantitative estimate of drug-likeness (QED) is 0.760. The van der Waals surface area contributed by atoms with E-state index in [1.54, 1.807) is 6.92 Å². The molecule has 1 amide bonds. The number of hydrogen-bond acceptors (Lipinski definition) is 5. The molecule has 1 saturated heterocycles. The lowest BCUT2D eigenvalue weighted by Crippen LogP contribution is -2.48. The Hall–Kier alpha value is -1.69. The van der Waals surface area contributed by atoms with Gasteiger partial charge in [-0.1, -0.05) is 17.4 Å². The Bertz CT molecular complexity index is 600. The van der Waals surface area contributed by atoms with Crippen LogP contribution >= 0.6 is 11.3 Å². The van der Waals surface area contributed by atoms with Crippen molar-refractivity contribution < 1.29 is 4.79 Å². The zero-order valence-electron chi connectivity index (χ0n) is 10.8. The maximum Gasteiger partial charge on any atom is 0.241 e. The number of anilines is 1. The van der Waals surface area contributed by atoms with Crippen LogP contribution in [-0.4, -0.2) is 42.0 Å². The number of carbonyl (C=O) groups is 1. The van der Waals surface area contributed by atoms with Gasteiger partial charge in [-0.15, -0.1) is 0 Å². The van der Waals surface area contributed by atoms with Gasteiger partial charge in [-0.3, -0.25) is 9.59 Å². The molecule has 1 fully saturated rings. The second-order valence-electron chi connectivity index (χ2n) is 4.75. The number of piperazine rings is 1. The van der Waals surface area contributed by atoms with Crippen LogP contribution in [0.1, 0.15) is 18.2 Å². The van der Waals surface area contributed by atoms with Gasteiger partial charge in [-0.25, -0.2) is 4.98 Å². The summed E-state index contributed by atoms with van der Waals surface area (Å²) in [6.45, 7) is 4.47. The van der Waals surface area contributed by atoms with Crippen molar-refractivity contribution in [1.29, 1.82) is 0 Å². The van der Waals surface area contributed by atoms with Crippen molar-refractivity contribution >= 4 is 28.5 Å². The van der Waals surface area contributed by atoms with Crippen LogP contribution in [0.4, 0.5) is 5.13 Å². The molecule has 100 valence electrons. The molecule has 0 saturated carbocycles. The molecule has 1 aromatic rings. The van der Waals surface area contributed by atoms with Crippen molar-refractivity contribution in [1.82, 2.24) is 9.88 Å². The summed E-state index contributed by atoms with van der Waals surface area (Å²) in [5, 5.41) is 0.776. The summed E-state index contributed by atoms with van der Waals surface area (Å²) in [5.41, 5.74) is 1.63. The Balaban J connectivity index is 1.81. The number of fused-ring (bicyclic) bond motifs is 1. The number of rotatable bonds is 1. The van der Waals surface area contributed by atoms with E-state index in [0.717, 1.165) is 29.5 Å². The molecule has 3 rings (SSSR count). The van der Waals surface area contributed by atoms with Crippen molar-refractivity contribution in [2.75, 3.05) is 31.1 Å². The van der Waals surface area contributed by atoms with E-state index in [4.69, 9.17) is 0 Å². The molecule has 0 bridgehead atoms. The minimum atomic E-state index is 0.109. The molecule has 1 aromatic heterocycles. The zero-order valence-corrected chi connectivity index (χ0v) is 11.6. The summed E-state index contributed by atoms with van der Waals surface area (Å²) < 4.78 is 0.110. The Labute approximate surface area is 115 Å². The summed E-state index contributed by atoms with van der Waals surface area (Å²) >= 11 is 1.21. The monoisotopic (exact) mass is 277 g/mol. The Morgan fingerprint density at radius 1 is 1.32 bits per heavy atom. The molecule has 19 heavy (non-hydrogen) atoms. The van der Waals surface area contributed by atoms with Gasteiger partial charge in [0.1, 0.15) is 0 Å². The highest BCUT2D eigenvalue weighted by Gasteiger charge is 2.22. The fraction of sp³-hybridized carbons (Fsp3) is 0.462. The Morgan fingerprint density at radius 2 is 2.05 bits per heavy atom. The lowest BCUT2D eigenvalue weighted by Gasteiger charge is -2.34. The standard InChI is InChI=1S/C13H15N3O2S/c1-9(17)15-5-7-16(8-6-15)13-14-11-4-2-3-10(11)12(18)19-13/h2,4H,3,5-8H2,1H3. The van der Waals surface area contributed by atoms with E-state index in [1.807, 2.05) is 17.1 Å². The Morgan fingerprint density at radius 3 is 2.74 bits per heavy atom. The number of nitrogens with zero attached hydrogens (tertiary/aromatic N) is 3. The summed E-state index contributed by atoms with van der Waals surface area (Å²) in [7, 11) is 0. The minimum absolute atomic E-state index is 0.109. The predicted molar refractivity (Wildman–Crippen MR) is 75.6 cm³/mol. The highest BCUT2D eigenvalue weighted by atomic mass is 32.1. The Kier molecular flexibility index (Phi) is 3.10. The molecule has 2 heterocycles. The van der Waals surface area contributed by atoms with Crippen molar-refractivity contribution in [3.63, 3.8) is 0 Å². The first-order valence-electron chi connectivity index (χ1n) is 6.36. The van der Waals surface area contributed by atoms with Crippen LogP contribution in [0.3, 0.4) is 0 Å². The highest BCUT2D eigenvalue weighted by molar-refractivity contribution is 7.13. The van der Waals surface area contributed by atoms with Crippen LogP contribution in [0.25, 0.3) is 6.08 Å². The number of carbonyl (C=O) groups excluding carboxylic acids is 1. The van der Waals surface area contributed by atoms with Crippen LogP contribution in [0, 0.1) is 0 Å². The molecule has 2 aliphatic rings. The third-order valence-electron chi connectivity index (χ3n) is 3.55. The lowest BCUT2D eigenvalue weighted by molar-refractivity contribution is -0.129. The second kappa shape index (κ2) is 4.77. The van der Waals surface area contributed by atoms with E-state index in [2.05, 4.69) is 9.88 Å². The minimum Gasteiger partial charge on any atom is -0.344 e. The average Bonchev–Trinajstić information content (AvgIpc) is 2.87. The van der Waals surface area contributed by atoms with Crippen LogP contribution in [0.5, 0.6) is 0 Å². The molecule has 0 radical (unpaired) electrons. The maximum absolute atomic E-state index is 12.0. The van der Waals surface area contributed by atoms with E-state index in [0.29, 0.717) is 19.5 Å². The smallest absolute Gasteiger partial charge is 0.241 e. The van der Waals surface area contributed by atoms with Gasteiger partial charge >= 0.3 is 0 Å². The second-order valence-corrected chi connectivity index (χ2v) is 5.69. The van der Waals surface area contributed by atoms with E-state index in [9.17, 15) is 9.59 Å². The molecule has 6 heteroatoms. The first-order valence-corrected chi connectivity index (χ1v) is 7.18. The van der Waals surface area contributed by atoms with E-state index >= 15 is 0 Å². The summed E-state index contributed by atoms with van der Waals surface area (Å²) in [6, 6.07) is 0. The van der Waals surface area contributed by atoms with Gasteiger partial charge in [0.15, 0.2) is 5.13 Å². The topological polar surface area (TPSA) is 53.5 Å². The molecule has 0 aromatic carbocycles. The van der Waals surface area contributed by atoms with Gasteiger partial charge in [0.2, 0.25) is 10.6 Å². The molecular weight excluding hydrogens is 262 g/mol. The highest BCUT2D eigenvalue weighted by Crippen LogP contribution is 2.22. The first-order chi connectivity index (χ1) is 9.15. The number of amides is 1. The first kappa shape index (κ1) is 12.3. The van der Waals surface area contributed by atoms with Crippen LogP contribution in [-0.2, 0) is 11.2 Å².